The van der Waals surface area contributed by atoms with Gasteiger partial charge in [0.2, 0.25) is 0 Å². The van der Waals surface area contributed by atoms with Gasteiger partial charge in [0.1, 0.15) is 5.76 Å². The minimum Gasteiger partial charge on any atom is -0.446 e. The van der Waals surface area contributed by atoms with Gasteiger partial charge in [0.25, 0.3) is 5.56 Å². The molecule has 2 aromatic heterocycles. The average molecular weight is 358 g/mol. The first-order valence-corrected chi connectivity index (χ1v) is 9.52. The maximum Gasteiger partial charge on any atom is 0.253 e. The van der Waals surface area contributed by atoms with Crippen molar-refractivity contribution in [1.29, 1.82) is 0 Å². The molecule has 0 amide bonds. The fourth-order valence-electron chi connectivity index (χ4n) is 3.43. The molecule has 3 rings (SSSR count). The van der Waals surface area contributed by atoms with Gasteiger partial charge in [-0.1, -0.05) is 20.8 Å². The third-order valence-electron chi connectivity index (χ3n) is 5.15. The van der Waals surface area contributed by atoms with Crippen LogP contribution in [0, 0.1) is 12.8 Å². The summed E-state index contributed by atoms with van der Waals surface area (Å²) in [4.78, 5) is 23.5. The minimum absolute atomic E-state index is 0.0630. The van der Waals surface area contributed by atoms with Gasteiger partial charge >= 0.3 is 0 Å². The zero-order valence-corrected chi connectivity index (χ0v) is 16.4. The summed E-state index contributed by atoms with van der Waals surface area (Å²) in [6.45, 7) is 12.0. The molecular formula is C20H30N4O2. The van der Waals surface area contributed by atoms with E-state index < -0.39 is 0 Å². The summed E-state index contributed by atoms with van der Waals surface area (Å²) in [5.74, 6) is 2.23. The molecule has 0 unspecified atom stereocenters. The van der Waals surface area contributed by atoms with Crippen molar-refractivity contribution in [2.24, 2.45) is 5.92 Å². The molecule has 0 radical (unpaired) electrons. The molecule has 1 aliphatic rings. The highest BCUT2D eigenvalue weighted by molar-refractivity contribution is 5.10. The van der Waals surface area contributed by atoms with E-state index in [1.807, 2.05) is 13.1 Å². The van der Waals surface area contributed by atoms with Crippen molar-refractivity contribution in [1.82, 2.24) is 19.4 Å². The summed E-state index contributed by atoms with van der Waals surface area (Å²) in [5, 5.41) is 0. The Morgan fingerprint density at radius 1 is 1.23 bits per heavy atom. The number of hydrogen-bond acceptors (Lipinski definition) is 5. The van der Waals surface area contributed by atoms with Crippen LogP contribution in [-0.2, 0) is 18.4 Å². The molecule has 3 heterocycles. The van der Waals surface area contributed by atoms with E-state index in [9.17, 15) is 4.79 Å². The molecule has 1 fully saturated rings. The standard InChI is InChI=1S/C20H30N4O2/c1-15-21-12-17(26-15)7-10-23-8-5-16(6-9-23)13-24-14-22-18(11-19(24)25)20(2,3)4/h11-12,14,16H,5-10,13H2,1-4H3. The van der Waals surface area contributed by atoms with E-state index in [0.29, 0.717) is 5.92 Å². The van der Waals surface area contributed by atoms with Gasteiger partial charge in [0.05, 0.1) is 18.2 Å². The Balaban J connectivity index is 1.49. The third kappa shape index (κ3) is 4.81. The van der Waals surface area contributed by atoms with Gasteiger partial charge in [0, 0.05) is 37.9 Å². The molecule has 1 saturated heterocycles. The zero-order chi connectivity index (χ0) is 18.7. The fraction of sp³-hybridized carbons (Fsp3) is 0.650. The van der Waals surface area contributed by atoms with Crippen molar-refractivity contribution < 1.29 is 4.42 Å². The third-order valence-corrected chi connectivity index (χ3v) is 5.15. The quantitative estimate of drug-likeness (QED) is 0.822. The van der Waals surface area contributed by atoms with Crippen LogP contribution in [0.2, 0.25) is 0 Å². The first-order valence-electron chi connectivity index (χ1n) is 9.52. The van der Waals surface area contributed by atoms with Gasteiger partial charge in [-0.2, -0.15) is 0 Å². The molecule has 0 aromatic carbocycles. The lowest BCUT2D eigenvalue weighted by Gasteiger charge is -2.32. The van der Waals surface area contributed by atoms with E-state index in [4.69, 9.17) is 4.42 Å². The predicted octanol–water partition coefficient (Wildman–Crippen LogP) is 2.79. The first-order chi connectivity index (χ1) is 12.3. The number of aryl methyl sites for hydroxylation is 1. The SMILES string of the molecule is Cc1ncc(CCN2CCC(Cn3cnc(C(C)(C)C)cc3=O)CC2)o1. The summed E-state index contributed by atoms with van der Waals surface area (Å²) < 4.78 is 7.31. The summed E-state index contributed by atoms with van der Waals surface area (Å²) in [6, 6.07) is 1.69. The Morgan fingerprint density at radius 3 is 2.54 bits per heavy atom. The van der Waals surface area contributed by atoms with Gasteiger partial charge in [-0.05, 0) is 31.8 Å². The lowest BCUT2D eigenvalue weighted by molar-refractivity contribution is 0.172. The predicted molar refractivity (Wildman–Crippen MR) is 101 cm³/mol. The van der Waals surface area contributed by atoms with Gasteiger partial charge < -0.3 is 9.32 Å². The first kappa shape index (κ1) is 18.8. The molecule has 0 aliphatic carbocycles. The smallest absolute Gasteiger partial charge is 0.253 e. The highest BCUT2D eigenvalue weighted by Gasteiger charge is 2.21. The van der Waals surface area contributed by atoms with Crippen LogP contribution < -0.4 is 5.56 Å². The highest BCUT2D eigenvalue weighted by atomic mass is 16.4. The Labute approximate surface area is 155 Å². The second kappa shape index (κ2) is 7.74. The largest absolute Gasteiger partial charge is 0.446 e. The second-order valence-electron chi connectivity index (χ2n) is 8.40. The molecule has 0 N–H and O–H groups in total. The summed E-state index contributed by atoms with van der Waals surface area (Å²) in [6.07, 6.45) is 6.68. The van der Waals surface area contributed by atoms with Crippen LogP contribution in [0.25, 0.3) is 0 Å². The Hall–Kier alpha value is -1.95. The van der Waals surface area contributed by atoms with Crippen LogP contribution in [0.4, 0.5) is 0 Å². The van der Waals surface area contributed by atoms with Gasteiger partial charge in [0.15, 0.2) is 5.89 Å². The normalized spacial score (nSPS) is 16.9. The molecule has 142 valence electrons. The van der Waals surface area contributed by atoms with E-state index in [0.717, 1.165) is 62.8 Å². The van der Waals surface area contributed by atoms with E-state index in [2.05, 4.69) is 35.6 Å². The molecule has 1 aliphatic heterocycles. The number of aromatic nitrogens is 3. The van der Waals surface area contributed by atoms with Crippen molar-refractivity contribution in [3.63, 3.8) is 0 Å². The van der Waals surface area contributed by atoms with Gasteiger partial charge in [-0.3, -0.25) is 9.36 Å². The van der Waals surface area contributed by atoms with E-state index >= 15 is 0 Å². The Morgan fingerprint density at radius 2 is 1.96 bits per heavy atom. The average Bonchev–Trinajstić information content (AvgIpc) is 3.00. The second-order valence-corrected chi connectivity index (χ2v) is 8.40. The van der Waals surface area contributed by atoms with E-state index in [1.54, 1.807) is 17.0 Å². The lowest BCUT2D eigenvalue weighted by atomic mass is 9.92. The van der Waals surface area contributed by atoms with Gasteiger partial charge in [-0.15, -0.1) is 0 Å². The maximum atomic E-state index is 12.4. The van der Waals surface area contributed by atoms with Crippen molar-refractivity contribution >= 4 is 0 Å². The van der Waals surface area contributed by atoms with Crippen LogP contribution in [0.15, 0.2) is 27.8 Å². The zero-order valence-electron chi connectivity index (χ0n) is 16.4. The Bertz CT molecular complexity index is 780. The lowest BCUT2D eigenvalue weighted by Crippen LogP contribution is -2.37. The fourth-order valence-corrected chi connectivity index (χ4v) is 3.43. The van der Waals surface area contributed by atoms with Crippen LogP contribution in [0.5, 0.6) is 0 Å². The van der Waals surface area contributed by atoms with E-state index in [-0.39, 0.29) is 11.0 Å². The van der Waals surface area contributed by atoms with Crippen LogP contribution in [0.1, 0.15) is 51.0 Å². The molecule has 0 atom stereocenters. The number of hydrogen-bond donors (Lipinski definition) is 0. The number of oxazole rings is 1. The maximum absolute atomic E-state index is 12.4. The van der Waals surface area contributed by atoms with Crippen LogP contribution in [-0.4, -0.2) is 39.1 Å². The van der Waals surface area contributed by atoms with Crippen molar-refractivity contribution in [3.8, 4) is 0 Å². The number of likely N-dealkylation sites (tertiary alicyclic amines) is 1. The number of piperidine rings is 1. The van der Waals surface area contributed by atoms with Crippen molar-refractivity contribution in [2.75, 3.05) is 19.6 Å². The molecular weight excluding hydrogens is 328 g/mol. The molecule has 6 nitrogen and oxygen atoms in total. The minimum atomic E-state index is -0.0916. The molecule has 6 heteroatoms. The summed E-state index contributed by atoms with van der Waals surface area (Å²) in [7, 11) is 0. The molecule has 0 saturated carbocycles. The van der Waals surface area contributed by atoms with Crippen molar-refractivity contribution in [3.05, 3.63) is 46.3 Å². The number of nitrogens with zero attached hydrogens (tertiary/aromatic N) is 4. The molecule has 0 bridgehead atoms. The molecule has 2 aromatic rings. The molecule has 26 heavy (non-hydrogen) atoms. The summed E-state index contributed by atoms with van der Waals surface area (Å²) in [5.41, 5.74) is 0.829. The van der Waals surface area contributed by atoms with Gasteiger partial charge in [-0.25, -0.2) is 9.97 Å². The van der Waals surface area contributed by atoms with E-state index in [1.165, 1.54) is 0 Å². The monoisotopic (exact) mass is 358 g/mol. The van der Waals surface area contributed by atoms with Crippen LogP contribution >= 0.6 is 0 Å². The number of rotatable bonds is 5. The summed E-state index contributed by atoms with van der Waals surface area (Å²) >= 11 is 0. The molecule has 0 spiro atoms. The van der Waals surface area contributed by atoms with Crippen LogP contribution in [0.3, 0.4) is 0 Å². The highest BCUT2D eigenvalue weighted by Crippen LogP contribution is 2.20. The topological polar surface area (TPSA) is 64.2 Å². The van der Waals surface area contributed by atoms with Crippen molar-refractivity contribution in [2.45, 2.75) is 58.9 Å². The Kier molecular flexibility index (Phi) is 5.61.